The Balaban J connectivity index is 2.51. The second-order valence-corrected chi connectivity index (χ2v) is 3.86. The van der Waals surface area contributed by atoms with E-state index in [9.17, 15) is 0 Å². The summed E-state index contributed by atoms with van der Waals surface area (Å²) in [6, 6.07) is 0.437. The van der Waals surface area contributed by atoms with Gasteiger partial charge in [0.2, 0.25) is 0 Å². The van der Waals surface area contributed by atoms with Gasteiger partial charge in [0.05, 0.1) is 0 Å². The van der Waals surface area contributed by atoms with Crippen LogP contribution in [0.15, 0.2) is 16.6 Å². The van der Waals surface area contributed by atoms with E-state index in [1.54, 1.807) is 5.57 Å². The molecule has 12 heavy (non-hydrogen) atoms. The van der Waals surface area contributed by atoms with E-state index in [0.29, 0.717) is 6.04 Å². The van der Waals surface area contributed by atoms with Gasteiger partial charge in [-0.3, -0.25) is 4.99 Å². The van der Waals surface area contributed by atoms with Crippen molar-refractivity contribution in [3.05, 3.63) is 11.6 Å². The van der Waals surface area contributed by atoms with E-state index < -0.39 is 0 Å². The number of hydrogen-bond donors (Lipinski definition) is 0. The molecule has 0 amide bonds. The first kappa shape index (κ1) is 9.50. The third-order valence-corrected chi connectivity index (χ3v) is 2.89. The van der Waals surface area contributed by atoms with Crippen molar-refractivity contribution in [1.29, 1.82) is 0 Å². The van der Waals surface area contributed by atoms with E-state index in [2.05, 4.69) is 31.6 Å². The zero-order chi connectivity index (χ0) is 8.97. The maximum atomic E-state index is 4.10. The molecule has 1 heteroatoms. The van der Waals surface area contributed by atoms with Gasteiger partial charge >= 0.3 is 0 Å². The smallest absolute Gasteiger partial charge is 0.0495 e. The lowest BCUT2D eigenvalue weighted by Gasteiger charge is -2.16. The molecule has 0 spiro atoms. The molecule has 0 heterocycles. The molecule has 1 aliphatic rings. The molecule has 0 fully saturated rings. The first-order valence-electron chi connectivity index (χ1n) is 4.85. The highest BCUT2D eigenvalue weighted by atomic mass is 14.7. The van der Waals surface area contributed by atoms with Crippen LogP contribution in [0.5, 0.6) is 0 Å². The van der Waals surface area contributed by atoms with E-state index in [1.807, 2.05) is 0 Å². The van der Waals surface area contributed by atoms with Crippen LogP contribution in [0.2, 0.25) is 0 Å². The minimum atomic E-state index is 0.437. The van der Waals surface area contributed by atoms with E-state index in [1.165, 1.54) is 25.7 Å². The SMILES string of the molecule is C=NC(C)C1CC=C(C)CCC1. The highest BCUT2D eigenvalue weighted by Gasteiger charge is 2.16. The van der Waals surface area contributed by atoms with Crippen LogP contribution in [0.4, 0.5) is 0 Å². The Morgan fingerprint density at radius 3 is 3.08 bits per heavy atom. The average Bonchev–Trinajstić information content (AvgIpc) is 2.29. The molecule has 0 aromatic heterocycles. The van der Waals surface area contributed by atoms with Gasteiger partial charge in [0.1, 0.15) is 0 Å². The quantitative estimate of drug-likeness (QED) is 0.440. The molecule has 68 valence electrons. The Bertz CT molecular complexity index is 181. The summed E-state index contributed by atoms with van der Waals surface area (Å²) in [6.07, 6.45) is 7.49. The second-order valence-electron chi connectivity index (χ2n) is 3.86. The first-order chi connectivity index (χ1) is 5.74. The molecule has 0 radical (unpaired) electrons. The van der Waals surface area contributed by atoms with Gasteiger partial charge < -0.3 is 0 Å². The molecule has 0 aromatic carbocycles. The van der Waals surface area contributed by atoms with Gasteiger partial charge in [0.25, 0.3) is 0 Å². The van der Waals surface area contributed by atoms with E-state index in [0.717, 1.165) is 5.92 Å². The molecule has 0 aliphatic heterocycles. The largest absolute Gasteiger partial charge is 0.298 e. The van der Waals surface area contributed by atoms with Crippen molar-refractivity contribution < 1.29 is 0 Å². The molecule has 0 saturated carbocycles. The molecule has 1 rings (SSSR count). The molecular weight excluding hydrogens is 146 g/mol. The number of nitrogens with zero attached hydrogens (tertiary/aromatic N) is 1. The van der Waals surface area contributed by atoms with Gasteiger partial charge in [-0.2, -0.15) is 0 Å². The van der Waals surface area contributed by atoms with Gasteiger partial charge in [0, 0.05) is 6.04 Å². The molecular formula is C11H19N. The number of rotatable bonds is 2. The Kier molecular flexibility index (Phi) is 3.51. The summed E-state index contributed by atoms with van der Waals surface area (Å²) in [4.78, 5) is 4.10. The van der Waals surface area contributed by atoms with Crippen molar-refractivity contribution in [2.75, 3.05) is 0 Å². The average molecular weight is 165 g/mol. The van der Waals surface area contributed by atoms with Gasteiger partial charge in [-0.05, 0) is 52.2 Å². The molecule has 1 aliphatic carbocycles. The minimum absolute atomic E-state index is 0.437. The van der Waals surface area contributed by atoms with Crippen molar-refractivity contribution in [1.82, 2.24) is 0 Å². The number of allylic oxidation sites excluding steroid dienone is 2. The predicted molar refractivity (Wildman–Crippen MR) is 54.7 cm³/mol. The molecule has 0 saturated heterocycles. The van der Waals surface area contributed by atoms with Gasteiger partial charge in [0.15, 0.2) is 0 Å². The van der Waals surface area contributed by atoms with E-state index in [4.69, 9.17) is 0 Å². The predicted octanol–water partition coefficient (Wildman–Crippen LogP) is 3.21. The topological polar surface area (TPSA) is 12.4 Å². The maximum absolute atomic E-state index is 4.10. The van der Waals surface area contributed by atoms with Gasteiger partial charge in [-0.25, -0.2) is 0 Å². The van der Waals surface area contributed by atoms with E-state index in [-0.39, 0.29) is 0 Å². The van der Waals surface area contributed by atoms with Crippen LogP contribution >= 0.6 is 0 Å². The third-order valence-electron chi connectivity index (χ3n) is 2.89. The maximum Gasteiger partial charge on any atom is 0.0495 e. The Morgan fingerprint density at radius 1 is 1.67 bits per heavy atom. The summed E-state index contributed by atoms with van der Waals surface area (Å²) in [7, 11) is 0. The molecule has 0 bridgehead atoms. The lowest BCUT2D eigenvalue weighted by atomic mass is 9.94. The first-order valence-corrected chi connectivity index (χ1v) is 4.85. The van der Waals surface area contributed by atoms with Crippen LogP contribution in [0.1, 0.15) is 39.5 Å². The lowest BCUT2D eigenvalue weighted by molar-refractivity contribution is 0.418. The minimum Gasteiger partial charge on any atom is -0.298 e. The summed E-state index contributed by atoms with van der Waals surface area (Å²) in [6.45, 7) is 8.02. The zero-order valence-corrected chi connectivity index (χ0v) is 8.21. The zero-order valence-electron chi connectivity index (χ0n) is 8.21. The fourth-order valence-electron chi connectivity index (χ4n) is 1.80. The third kappa shape index (κ3) is 2.47. The molecule has 0 aromatic rings. The molecule has 2 atom stereocenters. The van der Waals surface area contributed by atoms with Crippen molar-refractivity contribution >= 4 is 6.72 Å². The van der Waals surface area contributed by atoms with Gasteiger partial charge in [-0.1, -0.05) is 11.6 Å². The van der Waals surface area contributed by atoms with Crippen LogP contribution in [-0.4, -0.2) is 12.8 Å². The Labute approximate surface area is 75.6 Å². The summed E-state index contributed by atoms with van der Waals surface area (Å²) >= 11 is 0. The standard InChI is InChI=1S/C11H19N/c1-9-5-4-6-11(8-7-9)10(2)12-3/h7,10-11H,3-6,8H2,1-2H3. The van der Waals surface area contributed by atoms with E-state index >= 15 is 0 Å². The van der Waals surface area contributed by atoms with Crippen molar-refractivity contribution in [2.24, 2.45) is 10.9 Å². The highest BCUT2D eigenvalue weighted by molar-refractivity contribution is 5.24. The van der Waals surface area contributed by atoms with Crippen molar-refractivity contribution in [3.63, 3.8) is 0 Å². The van der Waals surface area contributed by atoms with Crippen LogP contribution in [0, 0.1) is 5.92 Å². The lowest BCUT2D eigenvalue weighted by Crippen LogP contribution is -2.13. The monoisotopic (exact) mass is 165 g/mol. The van der Waals surface area contributed by atoms with Crippen LogP contribution in [-0.2, 0) is 0 Å². The molecule has 1 nitrogen and oxygen atoms in total. The van der Waals surface area contributed by atoms with Crippen molar-refractivity contribution in [2.45, 2.75) is 45.6 Å². The molecule has 2 unspecified atom stereocenters. The summed E-state index contributed by atoms with van der Waals surface area (Å²) in [5.41, 5.74) is 1.55. The summed E-state index contributed by atoms with van der Waals surface area (Å²) in [5.74, 6) is 0.736. The Morgan fingerprint density at radius 2 is 2.42 bits per heavy atom. The number of aliphatic imine (C=N–C) groups is 1. The highest BCUT2D eigenvalue weighted by Crippen LogP contribution is 2.25. The van der Waals surface area contributed by atoms with Crippen LogP contribution in [0.3, 0.4) is 0 Å². The summed E-state index contributed by atoms with van der Waals surface area (Å²) in [5, 5.41) is 0. The molecule has 0 N–H and O–H groups in total. The van der Waals surface area contributed by atoms with Crippen LogP contribution < -0.4 is 0 Å². The summed E-state index contributed by atoms with van der Waals surface area (Å²) < 4.78 is 0. The second kappa shape index (κ2) is 4.44. The number of hydrogen-bond acceptors (Lipinski definition) is 1. The van der Waals surface area contributed by atoms with Crippen LogP contribution in [0.25, 0.3) is 0 Å². The normalized spacial score (nSPS) is 27.2. The van der Waals surface area contributed by atoms with Crippen molar-refractivity contribution in [3.8, 4) is 0 Å². The fourth-order valence-corrected chi connectivity index (χ4v) is 1.80. The van der Waals surface area contributed by atoms with Gasteiger partial charge in [-0.15, -0.1) is 0 Å². The fraction of sp³-hybridized carbons (Fsp3) is 0.727. The Hall–Kier alpha value is -0.590.